The van der Waals surface area contributed by atoms with Crippen LogP contribution in [0, 0.1) is 22.4 Å². The summed E-state index contributed by atoms with van der Waals surface area (Å²) in [7, 11) is 0. The van der Waals surface area contributed by atoms with Gasteiger partial charge < -0.3 is 10.5 Å². The second-order valence-electron chi connectivity index (χ2n) is 3.95. The Morgan fingerprint density at radius 1 is 1.45 bits per heavy atom. The minimum Gasteiger partial charge on any atom is -0.429 e. The number of nitrogens with two attached hydrogens (primary N) is 1. The van der Waals surface area contributed by atoms with E-state index in [1.54, 1.807) is 19.1 Å². The standard InChI is InChI=1S/C12H11N5O3/c1-7-3-2-4-9(17(18)19)10(7)20-12-8(11(13)14)5-6-15-16-12/h2-6H,1H3,(H3,13,14). The van der Waals surface area contributed by atoms with Gasteiger partial charge in [0.05, 0.1) is 16.7 Å². The molecular weight excluding hydrogens is 262 g/mol. The van der Waals surface area contributed by atoms with Gasteiger partial charge in [0.25, 0.3) is 0 Å². The van der Waals surface area contributed by atoms with E-state index in [1.165, 1.54) is 18.3 Å². The van der Waals surface area contributed by atoms with Crippen LogP contribution in [0.3, 0.4) is 0 Å². The molecule has 8 heteroatoms. The molecule has 3 N–H and O–H groups in total. The molecule has 0 unspecified atom stereocenters. The van der Waals surface area contributed by atoms with Crippen molar-refractivity contribution in [2.24, 2.45) is 5.73 Å². The molecule has 0 atom stereocenters. The summed E-state index contributed by atoms with van der Waals surface area (Å²) in [6.07, 6.45) is 1.36. The maximum atomic E-state index is 11.0. The van der Waals surface area contributed by atoms with Crippen LogP contribution in [-0.2, 0) is 0 Å². The van der Waals surface area contributed by atoms with Gasteiger partial charge in [0.1, 0.15) is 5.84 Å². The summed E-state index contributed by atoms with van der Waals surface area (Å²) in [6, 6.07) is 6.01. The zero-order valence-electron chi connectivity index (χ0n) is 10.5. The number of aryl methyl sites for hydroxylation is 1. The highest BCUT2D eigenvalue weighted by Gasteiger charge is 2.20. The first-order valence-corrected chi connectivity index (χ1v) is 5.58. The molecule has 0 aliphatic rings. The van der Waals surface area contributed by atoms with Crippen molar-refractivity contribution in [3.8, 4) is 11.6 Å². The Morgan fingerprint density at radius 3 is 2.85 bits per heavy atom. The highest BCUT2D eigenvalue weighted by atomic mass is 16.6. The Labute approximate surface area is 113 Å². The van der Waals surface area contributed by atoms with Gasteiger partial charge in [-0.2, -0.15) is 5.10 Å². The number of aromatic nitrogens is 2. The number of nitrogen functional groups attached to an aromatic ring is 1. The molecule has 1 aromatic carbocycles. The maximum absolute atomic E-state index is 11.0. The van der Waals surface area contributed by atoms with Crippen molar-refractivity contribution < 1.29 is 9.66 Å². The SMILES string of the molecule is Cc1cccc([N+](=O)[O-])c1Oc1nnccc1C(=N)N. The number of nitro benzene ring substituents is 1. The minimum absolute atomic E-state index is 0.0441. The Hall–Kier alpha value is -3.03. The Bertz CT molecular complexity index is 687. The number of nitrogens with one attached hydrogen (secondary N) is 1. The van der Waals surface area contributed by atoms with Crippen LogP contribution in [-0.4, -0.2) is 21.0 Å². The van der Waals surface area contributed by atoms with E-state index in [9.17, 15) is 10.1 Å². The second-order valence-corrected chi connectivity index (χ2v) is 3.95. The topological polar surface area (TPSA) is 128 Å². The molecule has 0 amide bonds. The van der Waals surface area contributed by atoms with Gasteiger partial charge in [-0.15, -0.1) is 5.10 Å². The number of benzene rings is 1. The number of rotatable bonds is 4. The average molecular weight is 273 g/mol. The molecule has 0 saturated heterocycles. The highest BCUT2D eigenvalue weighted by Crippen LogP contribution is 2.34. The smallest absolute Gasteiger partial charge is 0.311 e. The second kappa shape index (κ2) is 5.31. The summed E-state index contributed by atoms with van der Waals surface area (Å²) in [5.41, 5.74) is 6.00. The van der Waals surface area contributed by atoms with Crippen molar-refractivity contribution >= 4 is 11.5 Å². The van der Waals surface area contributed by atoms with Crippen molar-refractivity contribution in [3.05, 3.63) is 51.7 Å². The molecule has 2 rings (SSSR count). The van der Waals surface area contributed by atoms with Crippen molar-refractivity contribution in [2.45, 2.75) is 6.92 Å². The summed E-state index contributed by atoms with van der Waals surface area (Å²) in [6.45, 7) is 1.67. The third-order valence-electron chi connectivity index (χ3n) is 2.56. The van der Waals surface area contributed by atoms with E-state index in [0.717, 1.165) is 0 Å². The third-order valence-corrected chi connectivity index (χ3v) is 2.56. The molecule has 1 aromatic heterocycles. The Morgan fingerprint density at radius 2 is 2.20 bits per heavy atom. The predicted molar refractivity (Wildman–Crippen MR) is 71.0 cm³/mol. The van der Waals surface area contributed by atoms with Gasteiger partial charge in [0.2, 0.25) is 11.6 Å². The summed E-state index contributed by atoms with van der Waals surface area (Å²) in [5, 5.41) is 25.8. The van der Waals surface area contributed by atoms with Gasteiger partial charge in [-0.3, -0.25) is 15.5 Å². The first kappa shape index (κ1) is 13.4. The van der Waals surface area contributed by atoms with Gasteiger partial charge in [0.15, 0.2) is 0 Å². The van der Waals surface area contributed by atoms with E-state index in [0.29, 0.717) is 5.56 Å². The molecule has 20 heavy (non-hydrogen) atoms. The number of ether oxygens (including phenoxy) is 1. The lowest BCUT2D eigenvalue weighted by atomic mass is 10.2. The molecule has 0 saturated carbocycles. The van der Waals surface area contributed by atoms with Crippen LogP contribution in [0.1, 0.15) is 11.1 Å². The maximum Gasteiger partial charge on any atom is 0.311 e. The molecule has 0 spiro atoms. The summed E-state index contributed by atoms with van der Waals surface area (Å²) in [5.74, 6) is -0.246. The molecule has 1 heterocycles. The first-order valence-electron chi connectivity index (χ1n) is 5.58. The van der Waals surface area contributed by atoms with Gasteiger partial charge in [-0.1, -0.05) is 12.1 Å². The van der Waals surface area contributed by atoms with Crippen LogP contribution in [0.2, 0.25) is 0 Å². The van der Waals surface area contributed by atoms with E-state index in [1.807, 2.05) is 0 Å². The van der Waals surface area contributed by atoms with Crippen LogP contribution in [0.15, 0.2) is 30.5 Å². The predicted octanol–water partition coefficient (Wildman–Crippen LogP) is 1.77. The highest BCUT2D eigenvalue weighted by molar-refractivity contribution is 5.97. The molecule has 0 aliphatic heterocycles. The van der Waals surface area contributed by atoms with Crippen LogP contribution in [0.4, 0.5) is 5.69 Å². The van der Waals surface area contributed by atoms with Crippen LogP contribution in [0.25, 0.3) is 0 Å². The Balaban J connectivity index is 2.51. The monoisotopic (exact) mass is 273 g/mol. The molecular formula is C12H11N5O3. The quantitative estimate of drug-likeness (QED) is 0.378. The van der Waals surface area contributed by atoms with Gasteiger partial charge in [-0.25, -0.2) is 0 Å². The van der Waals surface area contributed by atoms with Crippen molar-refractivity contribution in [1.29, 1.82) is 5.41 Å². The lowest BCUT2D eigenvalue weighted by Crippen LogP contribution is -2.13. The zero-order valence-corrected chi connectivity index (χ0v) is 10.5. The fourth-order valence-electron chi connectivity index (χ4n) is 1.61. The zero-order chi connectivity index (χ0) is 14.7. The van der Waals surface area contributed by atoms with E-state index < -0.39 is 4.92 Å². The minimum atomic E-state index is -0.549. The van der Waals surface area contributed by atoms with Crippen molar-refractivity contribution in [2.75, 3.05) is 0 Å². The largest absolute Gasteiger partial charge is 0.429 e. The average Bonchev–Trinajstić information content (AvgIpc) is 2.41. The molecule has 0 radical (unpaired) electrons. The molecule has 0 bridgehead atoms. The first-order chi connectivity index (χ1) is 9.50. The number of amidine groups is 1. The number of hydrogen-bond acceptors (Lipinski definition) is 6. The summed E-state index contributed by atoms with van der Waals surface area (Å²) >= 11 is 0. The number of hydrogen-bond donors (Lipinski definition) is 2. The van der Waals surface area contributed by atoms with Crippen molar-refractivity contribution in [1.82, 2.24) is 10.2 Å². The molecule has 2 aromatic rings. The number of para-hydroxylation sites is 1. The fourth-order valence-corrected chi connectivity index (χ4v) is 1.61. The molecule has 0 fully saturated rings. The van der Waals surface area contributed by atoms with E-state index in [4.69, 9.17) is 15.9 Å². The number of nitro groups is 1. The summed E-state index contributed by atoms with van der Waals surface area (Å²) < 4.78 is 5.46. The molecule has 102 valence electrons. The lowest BCUT2D eigenvalue weighted by Gasteiger charge is -2.10. The van der Waals surface area contributed by atoms with E-state index >= 15 is 0 Å². The van der Waals surface area contributed by atoms with Gasteiger partial charge in [-0.05, 0) is 18.6 Å². The van der Waals surface area contributed by atoms with Gasteiger partial charge >= 0.3 is 5.69 Å². The fraction of sp³-hybridized carbons (Fsp3) is 0.0833. The summed E-state index contributed by atoms with van der Waals surface area (Å²) in [4.78, 5) is 10.5. The van der Waals surface area contributed by atoms with E-state index in [-0.39, 0.29) is 28.7 Å². The lowest BCUT2D eigenvalue weighted by molar-refractivity contribution is -0.385. The van der Waals surface area contributed by atoms with E-state index in [2.05, 4.69) is 10.2 Å². The molecule has 0 aliphatic carbocycles. The third kappa shape index (κ3) is 2.53. The normalized spacial score (nSPS) is 10.1. The van der Waals surface area contributed by atoms with Crippen LogP contribution >= 0.6 is 0 Å². The van der Waals surface area contributed by atoms with Gasteiger partial charge in [0, 0.05) is 6.07 Å². The Kier molecular flexibility index (Phi) is 3.56. The number of nitrogens with zero attached hydrogens (tertiary/aromatic N) is 3. The van der Waals surface area contributed by atoms with Crippen LogP contribution < -0.4 is 10.5 Å². The molecule has 8 nitrogen and oxygen atoms in total. The van der Waals surface area contributed by atoms with Crippen molar-refractivity contribution in [3.63, 3.8) is 0 Å². The van der Waals surface area contributed by atoms with Crippen LogP contribution in [0.5, 0.6) is 11.6 Å².